The van der Waals surface area contributed by atoms with E-state index >= 15 is 0 Å². The lowest BCUT2D eigenvalue weighted by Gasteiger charge is -2.20. The Balaban J connectivity index is 4.57. The second-order valence-corrected chi connectivity index (χ2v) is 14.5. The molecular formula is C42H70NO10P. The van der Waals surface area contributed by atoms with Gasteiger partial charge in [-0.25, -0.2) is 4.57 Å². The van der Waals surface area contributed by atoms with Gasteiger partial charge in [-0.2, -0.15) is 0 Å². The Morgan fingerprint density at radius 2 is 1.04 bits per heavy atom. The topological polar surface area (TPSA) is 172 Å². The summed E-state index contributed by atoms with van der Waals surface area (Å²) in [6, 6.07) is -1.54. The number of carbonyl (C=O) groups excluding carboxylic acids is 2. The maximum Gasteiger partial charge on any atom is 0.472 e. The molecule has 0 fully saturated rings. The van der Waals surface area contributed by atoms with Crippen molar-refractivity contribution in [1.29, 1.82) is 0 Å². The van der Waals surface area contributed by atoms with Crippen molar-refractivity contribution in [2.75, 3.05) is 19.8 Å². The van der Waals surface area contributed by atoms with Gasteiger partial charge < -0.3 is 25.2 Å². The molecule has 54 heavy (non-hydrogen) atoms. The number of allylic oxidation sites excluding steroid dienone is 12. The number of hydrogen-bond donors (Lipinski definition) is 3. The van der Waals surface area contributed by atoms with Gasteiger partial charge in [0.1, 0.15) is 12.6 Å². The van der Waals surface area contributed by atoms with Crippen LogP contribution in [0.3, 0.4) is 0 Å². The number of nitrogens with two attached hydrogens (primary N) is 1. The van der Waals surface area contributed by atoms with Crippen molar-refractivity contribution in [2.24, 2.45) is 5.73 Å². The van der Waals surface area contributed by atoms with Gasteiger partial charge in [-0.05, 0) is 70.6 Å². The average molecular weight is 780 g/mol. The highest BCUT2D eigenvalue weighted by Gasteiger charge is 2.28. The molecule has 4 N–H and O–H groups in total. The van der Waals surface area contributed by atoms with Gasteiger partial charge >= 0.3 is 25.7 Å². The maximum atomic E-state index is 12.5. The van der Waals surface area contributed by atoms with Crippen LogP contribution < -0.4 is 5.73 Å². The first-order chi connectivity index (χ1) is 26.1. The number of esters is 2. The van der Waals surface area contributed by atoms with Gasteiger partial charge in [0.2, 0.25) is 0 Å². The van der Waals surface area contributed by atoms with E-state index in [-0.39, 0.29) is 19.4 Å². The van der Waals surface area contributed by atoms with Crippen LogP contribution in [0.5, 0.6) is 0 Å². The summed E-state index contributed by atoms with van der Waals surface area (Å²) in [7, 11) is -4.74. The molecule has 1 unspecified atom stereocenters. The third kappa shape index (κ3) is 35.9. The molecule has 0 heterocycles. The minimum atomic E-state index is -4.74. The first-order valence-corrected chi connectivity index (χ1v) is 21.5. The van der Waals surface area contributed by atoms with E-state index in [1.807, 2.05) is 18.2 Å². The minimum Gasteiger partial charge on any atom is -0.480 e. The molecule has 0 amide bonds. The molecule has 0 rings (SSSR count). The van der Waals surface area contributed by atoms with Crippen LogP contribution in [0.4, 0.5) is 0 Å². The fourth-order valence-corrected chi connectivity index (χ4v) is 5.51. The Bertz CT molecular complexity index is 1190. The normalized spacial score (nSPS) is 14.6. The van der Waals surface area contributed by atoms with E-state index in [2.05, 4.69) is 73.1 Å². The van der Waals surface area contributed by atoms with Crippen molar-refractivity contribution < 1.29 is 47.5 Å². The Morgan fingerprint density at radius 3 is 1.61 bits per heavy atom. The summed E-state index contributed by atoms with van der Waals surface area (Å²) < 4.78 is 32.5. The van der Waals surface area contributed by atoms with Gasteiger partial charge in [0, 0.05) is 12.8 Å². The van der Waals surface area contributed by atoms with E-state index < -0.39 is 51.1 Å². The molecule has 0 aliphatic carbocycles. The second kappa shape index (κ2) is 36.9. The van der Waals surface area contributed by atoms with Gasteiger partial charge in [0.15, 0.2) is 6.10 Å². The van der Waals surface area contributed by atoms with Gasteiger partial charge in [-0.1, -0.05) is 132 Å². The highest BCUT2D eigenvalue weighted by Crippen LogP contribution is 2.43. The molecule has 11 nitrogen and oxygen atoms in total. The molecule has 0 aromatic rings. The molecule has 0 saturated heterocycles. The lowest BCUT2D eigenvalue weighted by molar-refractivity contribution is -0.161. The molecule has 3 atom stereocenters. The number of carbonyl (C=O) groups is 3. The monoisotopic (exact) mass is 779 g/mol. The predicted octanol–water partition coefficient (Wildman–Crippen LogP) is 10.2. The summed E-state index contributed by atoms with van der Waals surface area (Å²) in [6.07, 6.45) is 42.8. The van der Waals surface area contributed by atoms with Crippen LogP contribution >= 0.6 is 7.82 Å². The number of unbranched alkanes of at least 4 members (excludes halogenated alkanes) is 10. The Kier molecular flexibility index (Phi) is 34.8. The van der Waals surface area contributed by atoms with Crippen LogP contribution in [-0.4, -0.2) is 59.9 Å². The Labute approximate surface area is 325 Å². The summed E-state index contributed by atoms with van der Waals surface area (Å²) >= 11 is 0. The lowest BCUT2D eigenvalue weighted by atomic mass is 10.1. The second-order valence-electron chi connectivity index (χ2n) is 13.1. The van der Waals surface area contributed by atoms with Crippen LogP contribution in [0.25, 0.3) is 0 Å². The number of hydrogen-bond acceptors (Lipinski definition) is 9. The fraction of sp³-hybridized carbons (Fsp3) is 0.643. The molecule has 0 aliphatic rings. The molecule has 0 radical (unpaired) electrons. The summed E-state index contributed by atoms with van der Waals surface area (Å²) in [4.78, 5) is 45.7. The third-order valence-corrected chi connectivity index (χ3v) is 8.89. The standard InChI is InChI=1S/C42H70NO10P/c1-3-5-7-9-11-13-15-16-17-18-19-20-21-22-24-26-28-30-32-34-41(45)53-38(36-51-54(48,49)52-37-39(43)42(46)47)35-50-40(44)33-31-29-27-25-23-14-12-10-8-6-4-2/h10-13,16-17,19-20,22,24,28,30,38-39H,3-9,14-15,18,21,23,25-27,29,31-37,43H2,1-2H3,(H,46,47)(H,48,49)/b12-10-,13-11-,17-16-,20-19-,24-22-,30-28-/t38-,39+/m1/s1. The lowest BCUT2D eigenvalue weighted by Crippen LogP contribution is -2.34. The largest absolute Gasteiger partial charge is 0.480 e. The first kappa shape index (κ1) is 50.9. The minimum absolute atomic E-state index is 0.0326. The molecule has 0 aliphatic heterocycles. The van der Waals surface area contributed by atoms with Gasteiger partial charge in [-0.15, -0.1) is 0 Å². The number of aliphatic carboxylic acids is 1. The summed E-state index contributed by atoms with van der Waals surface area (Å²) in [6.45, 7) is 2.62. The van der Waals surface area contributed by atoms with Crippen molar-refractivity contribution in [1.82, 2.24) is 0 Å². The van der Waals surface area contributed by atoms with Gasteiger partial charge in [-0.3, -0.25) is 23.4 Å². The Morgan fingerprint density at radius 1 is 0.574 bits per heavy atom. The number of carboxylic acid groups (broad SMARTS) is 1. The van der Waals surface area contributed by atoms with Crippen LogP contribution in [0, 0.1) is 0 Å². The number of phosphoric acid groups is 1. The Hall–Kier alpha value is -3.08. The molecule has 0 bridgehead atoms. The van der Waals surface area contributed by atoms with Gasteiger partial charge in [0.05, 0.1) is 13.2 Å². The molecule has 0 aromatic heterocycles. The zero-order chi connectivity index (χ0) is 40.0. The molecule has 308 valence electrons. The highest BCUT2D eigenvalue weighted by molar-refractivity contribution is 7.47. The van der Waals surface area contributed by atoms with Crippen molar-refractivity contribution in [3.63, 3.8) is 0 Å². The van der Waals surface area contributed by atoms with Crippen molar-refractivity contribution in [3.05, 3.63) is 72.9 Å². The van der Waals surface area contributed by atoms with Crippen molar-refractivity contribution >= 4 is 25.7 Å². The van der Waals surface area contributed by atoms with Crippen LogP contribution in [0.1, 0.15) is 142 Å². The number of phosphoric ester groups is 1. The van der Waals surface area contributed by atoms with Crippen LogP contribution in [-0.2, 0) is 37.5 Å². The smallest absolute Gasteiger partial charge is 0.472 e. The van der Waals surface area contributed by atoms with Crippen LogP contribution in [0.15, 0.2) is 72.9 Å². The molecule has 0 spiro atoms. The summed E-state index contributed by atoms with van der Waals surface area (Å²) in [5, 5.41) is 8.86. The third-order valence-electron chi connectivity index (χ3n) is 7.94. The number of carboxylic acids is 1. The predicted molar refractivity (Wildman–Crippen MR) is 217 cm³/mol. The molecular weight excluding hydrogens is 709 g/mol. The van der Waals surface area contributed by atoms with E-state index in [1.165, 1.54) is 32.1 Å². The number of rotatable bonds is 36. The van der Waals surface area contributed by atoms with E-state index in [4.69, 9.17) is 24.8 Å². The fourth-order valence-electron chi connectivity index (χ4n) is 4.73. The highest BCUT2D eigenvalue weighted by atomic mass is 31.2. The van der Waals surface area contributed by atoms with E-state index in [9.17, 15) is 23.8 Å². The van der Waals surface area contributed by atoms with Gasteiger partial charge in [0.25, 0.3) is 0 Å². The SMILES string of the molecule is CCCC/C=C\CCCCCCCC(=O)OC[C@H](COP(=O)(O)OC[C@H](N)C(=O)O)OC(=O)CC/C=C\C/C=C\C/C=C\C/C=C\C/C=C\CCCCC. The van der Waals surface area contributed by atoms with Crippen LogP contribution in [0.2, 0.25) is 0 Å². The molecule has 0 aromatic carbocycles. The number of ether oxygens (including phenoxy) is 2. The maximum absolute atomic E-state index is 12.5. The van der Waals surface area contributed by atoms with E-state index in [0.717, 1.165) is 64.2 Å². The summed E-state index contributed by atoms with van der Waals surface area (Å²) in [5.41, 5.74) is 5.31. The van der Waals surface area contributed by atoms with Crippen molar-refractivity contribution in [3.8, 4) is 0 Å². The average Bonchev–Trinajstić information content (AvgIpc) is 3.14. The molecule has 12 heteroatoms. The zero-order valence-electron chi connectivity index (χ0n) is 33.0. The summed E-state index contributed by atoms with van der Waals surface area (Å²) in [5.74, 6) is -2.51. The quantitative estimate of drug-likeness (QED) is 0.0239. The van der Waals surface area contributed by atoms with Crippen molar-refractivity contribution in [2.45, 2.75) is 154 Å². The van der Waals surface area contributed by atoms with E-state index in [0.29, 0.717) is 19.3 Å². The first-order valence-electron chi connectivity index (χ1n) is 20.0. The van der Waals surface area contributed by atoms with E-state index in [1.54, 1.807) is 0 Å². The molecule has 0 saturated carbocycles. The zero-order valence-corrected chi connectivity index (χ0v) is 33.9.